The van der Waals surface area contributed by atoms with Crippen LogP contribution < -0.4 is 20.5 Å². The van der Waals surface area contributed by atoms with E-state index >= 15 is 0 Å². The highest BCUT2D eigenvalue weighted by atomic mass is 16.5. The van der Waals surface area contributed by atoms with Gasteiger partial charge in [-0.1, -0.05) is 0 Å². The van der Waals surface area contributed by atoms with Gasteiger partial charge in [-0.15, -0.1) is 0 Å². The van der Waals surface area contributed by atoms with Gasteiger partial charge in [0.05, 0.1) is 20.3 Å². The van der Waals surface area contributed by atoms with Crippen LogP contribution in [0.5, 0.6) is 11.5 Å². The second kappa shape index (κ2) is 6.86. The summed E-state index contributed by atoms with van der Waals surface area (Å²) in [5.74, 6) is 1.40. The summed E-state index contributed by atoms with van der Waals surface area (Å²) in [6.07, 6.45) is 0.666. The van der Waals surface area contributed by atoms with E-state index in [2.05, 4.69) is 5.32 Å². The smallest absolute Gasteiger partial charge is 0.236 e. The maximum absolute atomic E-state index is 11.3. The van der Waals surface area contributed by atoms with Crippen LogP contribution in [0, 0.1) is 0 Å². The molecule has 1 aromatic carbocycles. The molecule has 0 bridgehead atoms. The molecule has 5 heteroatoms. The van der Waals surface area contributed by atoms with Crippen molar-refractivity contribution in [1.29, 1.82) is 0 Å². The van der Waals surface area contributed by atoms with Crippen LogP contribution in [0.3, 0.4) is 0 Å². The van der Waals surface area contributed by atoms with E-state index in [0.717, 1.165) is 17.1 Å². The Kier molecular flexibility index (Phi) is 5.45. The lowest BCUT2D eigenvalue weighted by Crippen LogP contribution is -2.39. The SMILES string of the molecule is COc1ccc(OC)c(CCNC(=O)[C@@H](C)N)c1. The fourth-order valence-corrected chi connectivity index (χ4v) is 1.56. The van der Waals surface area contributed by atoms with Gasteiger partial charge in [0.25, 0.3) is 0 Å². The van der Waals surface area contributed by atoms with Crippen molar-refractivity contribution in [3.05, 3.63) is 23.8 Å². The van der Waals surface area contributed by atoms with E-state index in [9.17, 15) is 4.79 Å². The molecule has 0 unspecified atom stereocenters. The van der Waals surface area contributed by atoms with Gasteiger partial charge in [0.15, 0.2) is 0 Å². The number of hydrogen-bond acceptors (Lipinski definition) is 4. The molecule has 1 amide bonds. The molecule has 3 N–H and O–H groups in total. The Morgan fingerprint density at radius 1 is 1.39 bits per heavy atom. The molecule has 0 spiro atoms. The molecule has 0 aliphatic rings. The minimum Gasteiger partial charge on any atom is -0.497 e. The highest BCUT2D eigenvalue weighted by molar-refractivity contribution is 5.80. The Bertz CT molecular complexity index is 405. The van der Waals surface area contributed by atoms with E-state index in [4.69, 9.17) is 15.2 Å². The number of carbonyl (C=O) groups is 1. The molecule has 0 aliphatic carbocycles. The van der Waals surface area contributed by atoms with Crippen LogP contribution in [0.25, 0.3) is 0 Å². The maximum atomic E-state index is 11.3. The van der Waals surface area contributed by atoms with Crippen LogP contribution in [0.4, 0.5) is 0 Å². The Labute approximate surface area is 107 Å². The molecule has 0 aliphatic heterocycles. The third-order valence-electron chi connectivity index (χ3n) is 2.59. The normalized spacial score (nSPS) is 11.8. The summed E-state index contributed by atoms with van der Waals surface area (Å²) in [5, 5.41) is 2.76. The molecule has 0 saturated carbocycles. The van der Waals surface area contributed by atoms with Gasteiger partial charge >= 0.3 is 0 Å². The van der Waals surface area contributed by atoms with Crippen LogP contribution >= 0.6 is 0 Å². The summed E-state index contributed by atoms with van der Waals surface area (Å²) < 4.78 is 10.4. The second-order valence-corrected chi connectivity index (χ2v) is 4.01. The van der Waals surface area contributed by atoms with E-state index in [-0.39, 0.29) is 5.91 Å². The van der Waals surface area contributed by atoms with Gasteiger partial charge in [0, 0.05) is 6.54 Å². The van der Waals surface area contributed by atoms with Crippen molar-refractivity contribution in [2.75, 3.05) is 20.8 Å². The molecule has 18 heavy (non-hydrogen) atoms. The number of ether oxygens (including phenoxy) is 2. The summed E-state index contributed by atoms with van der Waals surface area (Å²) in [4.78, 5) is 11.3. The van der Waals surface area contributed by atoms with Crippen molar-refractivity contribution in [3.8, 4) is 11.5 Å². The quantitative estimate of drug-likeness (QED) is 0.782. The summed E-state index contributed by atoms with van der Waals surface area (Å²) >= 11 is 0. The number of hydrogen-bond donors (Lipinski definition) is 2. The fraction of sp³-hybridized carbons (Fsp3) is 0.462. The van der Waals surface area contributed by atoms with Crippen molar-refractivity contribution < 1.29 is 14.3 Å². The first kappa shape index (κ1) is 14.3. The first-order chi connectivity index (χ1) is 8.58. The van der Waals surface area contributed by atoms with Gasteiger partial charge in [-0.05, 0) is 37.1 Å². The minimum absolute atomic E-state index is 0.156. The van der Waals surface area contributed by atoms with Gasteiger partial charge < -0.3 is 20.5 Å². The molecular weight excluding hydrogens is 232 g/mol. The van der Waals surface area contributed by atoms with E-state index < -0.39 is 6.04 Å². The minimum atomic E-state index is -0.489. The number of rotatable bonds is 6. The summed E-state index contributed by atoms with van der Waals surface area (Å²) in [5.41, 5.74) is 6.45. The van der Waals surface area contributed by atoms with E-state index in [1.165, 1.54) is 0 Å². The molecule has 5 nitrogen and oxygen atoms in total. The highest BCUT2D eigenvalue weighted by Gasteiger charge is 2.08. The lowest BCUT2D eigenvalue weighted by Gasteiger charge is -2.11. The van der Waals surface area contributed by atoms with Crippen molar-refractivity contribution in [2.45, 2.75) is 19.4 Å². The molecule has 1 aromatic rings. The largest absolute Gasteiger partial charge is 0.497 e. The zero-order valence-electron chi connectivity index (χ0n) is 11.0. The molecule has 0 heterocycles. The molecular formula is C13H20N2O3. The van der Waals surface area contributed by atoms with Gasteiger partial charge in [-0.2, -0.15) is 0 Å². The monoisotopic (exact) mass is 252 g/mol. The summed E-state index contributed by atoms with van der Waals surface area (Å²) in [6.45, 7) is 2.17. The predicted octanol–water partition coefficient (Wildman–Crippen LogP) is 0.710. The van der Waals surface area contributed by atoms with Crippen LogP contribution in [-0.4, -0.2) is 32.7 Å². The third-order valence-corrected chi connectivity index (χ3v) is 2.59. The number of nitrogens with two attached hydrogens (primary N) is 1. The van der Waals surface area contributed by atoms with Gasteiger partial charge in [0.1, 0.15) is 11.5 Å². The van der Waals surface area contributed by atoms with Gasteiger partial charge in [-0.3, -0.25) is 4.79 Å². The number of benzene rings is 1. The number of carbonyl (C=O) groups excluding carboxylic acids is 1. The highest BCUT2D eigenvalue weighted by Crippen LogP contribution is 2.23. The van der Waals surface area contributed by atoms with Crippen LogP contribution in [0.1, 0.15) is 12.5 Å². The maximum Gasteiger partial charge on any atom is 0.236 e. The third kappa shape index (κ3) is 3.92. The van der Waals surface area contributed by atoms with Gasteiger partial charge in [-0.25, -0.2) is 0 Å². The fourth-order valence-electron chi connectivity index (χ4n) is 1.56. The number of nitrogens with one attached hydrogen (secondary N) is 1. The van der Waals surface area contributed by atoms with E-state index in [1.807, 2.05) is 18.2 Å². The zero-order valence-corrected chi connectivity index (χ0v) is 11.0. The Hall–Kier alpha value is -1.75. The first-order valence-electron chi connectivity index (χ1n) is 5.82. The average Bonchev–Trinajstić information content (AvgIpc) is 2.38. The second-order valence-electron chi connectivity index (χ2n) is 4.01. The molecule has 0 saturated heterocycles. The topological polar surface area (TPSA) is 73.6 Å². The molecule has 0 fully saturated rings. The number of methoxy groups -OCH3 is 2. The van der Waals surface area contributed by atoms with Crippen LogP contribution in [0.15, 0.2) is 18.2 Å². The Morgan fingerprint density at radius 3 is 2.67 bits per heavy atom. The Balaban J connectivity index is 2.62. The van der Waals surface area contributed by atoms with Crippen molar-refractivity contribution >= 4 is 5.91 Å². The van der Waals surface area contributed by atoms with Crippen LogP contribution in [0.2, 0.25) is 0 Å². The van der Waals surface area contributed by atoms with Crippen LogP contribution in [-0.2, 0) is 11.2 Å². The molecule has 100 valence electrons. The van der Waals surface area contributed by atoms with Crippen molar-refractivity contribution in [2.24, 2.45) is 5.73 Å². The van der Waals surface area contributed by atoms with E-state index in [1.54, 1.807) is 21.1 Å². The average molecular weight is 252 g/mol. The molecule has 0 aromatic heterocycles. The summed E-state index contributed by atoms with van der Waals surface area (Å²) in [6, 6.07) is 5.10. The summed E-state index contributed by atoms with van der Waals surface area (Å²) in [7, 11) is 3.23. The number of amides is 1. The molecule has 1 rings (SSSR count). The van der Waals surface area contributed by atoms with Gasteiger partial charge in [0.2, 0.25) is 5.91 Å². The Morgan fingerprint density at radius 2 is 2.11 bits per heavy atom. The molecule has 1 atom stereocenters. The standard InChI is InChI=1S/C13H20N2O3/c1-9(14)13(16)15-7-6-10-8-11(17-2)4-5-12(10)18-3/h4-5,8-9H,6-7,14H2,1-3H3,(H,15,16)/t9-/m1/s1. The lowest BCUT2D eigenvalue weighted by atomic mass is 10.1. The predicted molar refractivity (Wildman–Crippen MR) is 69.9 cm³/mol. The lowest BCUT2D eigenvalue weighted by molar-refractivity contribution is -0.121. The first-order valence-corrected chi connectivity index (χ1v) is 5.82. The van der Waals surface area contributed by atoms with Crippen molar-refractivity contribution in [1.82, 2.24) is 5.32 Å². The zero-order chi connectivity index (χ0) is 13.5. The van der Waals surface area contributed by atoms with Crippen molar-refractivity contribution in [3.63, 3.8) is 0 Å². The molecule has 0 radical (unpaired) electrons. The van der Waals surface area contributed by atoms with E-state index in [0.29, 0.717) is 13.0 Å².